The van der Waals surface area contributed by atoms with E-state index in [1.54, 1.807) is 0 Å². The summed E-state index contributed by atoms with van der Waals surface area (Å²) in [6.07, 6.45) is 1.12. The van der Waals surface area contributed by atoms with Gasteiger partial charge in [-0.3, -0.25) is 9.59 Å². The zero-order chi connectivity index (χ0) is 17.0. The fourth-order valence-electron chi connectivity index (χ4n) is 1.72. The number of rotatable bonds is 4. The van der Waals surface area contributed by atoms with E-state index in [-0.39, 0.29) is 20.7 Å². The Bertz CT molecular complexity index is 776. The molecule has 2 rings (SSSR count). The molecule has 0 aliphatic rings. The highest BCUT2D eigenvalue weighted by Crippen LogP contribution is 2.23. The molecule has 118 valence electrons. The molecule has 2 aromatic rings. The van der Waals surface area contributed by atoms with E-state index in [1.807, 2.05) is 0 Å². The second kappa shape index (κ2) is 7.32. The van der Waals surface area contributed by atoms with Crippen LogP contribution in [0.1, 0.15) is 10.4 Å². The molecule has 4 nitrogen and oxygen atoms in total. The number of carbonyl (C=O) groups is 2. The van der Waals surface area contributed by atoms with Crippen molar-refractivity contribution in [3.8, 4) is 0 Å². The molecule has 7 heteroatoms. The van der Waals surface area contributed by atoms with Gasteiger partial charge in [-0.05, 0) is 65.1 Å². The predicted molar refractivity (Wildman–Crippen MR) is 92.3 cm³/mol. The molecule has 0 saturated heterocycles. The molecule has 0 saturated carbocycles. The van der Waals surface area contributed by atoms with Gasteiger partial charge in [-0.25, -0.2) is 8.78 Å². The maximum Gasteiger partial charge on any atom is 0.255 e. The van der Waals surface area contributed by atoms with Gasteiger partial charge in [0.1, 0.15) is 5.82 Å². The van der Waals surface area contributed by atoms with Crippen LogP contribution in [0.5, 0.6) is 0 Å². The Balaban J connectivity index is 2.14. The van der Waals surface area contributed by atoms with Gasteiger partial charge in [-0.1, -0.05) is 6.58 Å². The summed E-state index contributed by atoms with van der Waals surface area (Å²) < 4.78 is 26.9. The molecule has 0 aliphatic heterocycles. The third kappa shape index (κ3) is 4.13. The Kier molecular flexibility index (Phi) is 5.43. The molecule has 0 aromatic heterocycles. The predicted octanol–water partition coefficient (Wildman–Crippen LogP) is 3.95. The van der Waals surface area contributed by atoms with Crippen molar-refractivity contribution >= 4 is 45.8 Å². The molecule has 0 radical (unpaired) electrons. The van der Waals surface area contributed by atoms with Crippen LogP contribution in [0.15, 0.2) is 49.1 Å². The first-order chi connectivity index (χ1) is 10.9. The minimum absolute atomic E-state index is 0.107. The lowest BCUT2D eigenvalue weighted by Crippen LogP contribution is -2.14. The topological polar surface area (TPSA) is 58.2 Å². The van der Waals surface area contributed by atoms with Crippen LogP contribution in [0.4, 0.5) is 20.2 Å². The van der Waals surface area contributed by atoms with Crippen LogP contribution >= 0.6 is 22.6 Å². The van der Waals surface area contributed by atoms with Crippen molar-refractivity contribution in [3.05, 3.63) is 69.8 Å². The zero-order valence-electron chi connectivity index (χ0n) is 11.7. The van der Waals surface area contributed by atoms with Crippen molar-refractivity contribution in [3.63, 3.8) is 0 Å². The third-order valence-electron chi connectivity index (χ3n) is 2.88. The Hall–Kier alpha value is -2.29. The average molecular weight is 428 g/mol. The van der Waals surface area contributed by atoms with Crippen LogP contribution in [0.3, 0.4) is 0 Å². The van der Waals surface area contributed by atoms with Crippen molar-refractivity contribution in [1.82, 2.24) is 0 Å². The van der Waals surface area contributed by atoms with Crippen LogP contribution in [0, 0.1) is 15.2 Å². The Morgan fingerprint density at radius 2 is 1.70 bits per heavy atom. The summed E-state index contributed by atoms with van der Waals surface area (Å²) in [5.74, 6) is -2.43. The quantitative estimate of drug-likeness (QED) is 0.441. The fourth-order valence-corrected chi connectivity index (χ4v) is 2.19. The summed E-state index contributed by atoms with van der Waals surface area (Å²) in [6.45, 7) is 3.33. The molecule has 0 aliphatic carbocycles. The highest BCUT2D eigenvalue weighted by Gasteiger charge is 2.14. The molecular weight excluding hydrogens is 417 g/mol. The molecule has 0 bridgehead atoms. The summed E-state index contributed by atoms with van der Waals surface area (Å²) >= 11 is 1.53. The van der Waals surface area contributed by atoms with Crippen molar-refractivity contribution in [1.29, 1.82) is 0 Å². The van der Waals surface area contributed by atoms with E-state index < -0.39 is 17.5 Å². The van der Waals surface area contributed by atoms with Gasteiger partial charge < -0.3 is 10.6 Å². The standard InChI is InChI=1S/C16H11F2IN2O2/c1-2-13(22)20-10-5-3-9(4-6-10)16(23)21-12-8-7-11(17)15(19)14(12)18/h2-8H,1H2,(H,20,22)(H,21,23). The molecule has 0 unspecified atom stereocenters. The van der Waals surface area contributed by atoms with Crippen molar-refractivity contribution in [2.75, 3.05) is 10.6 Å². The lowest BCUT2D eigenvalue weighted by Gasteiger charge is -2.09. The number of halogens is 3. The SMILES string of the molecule is C=CC(=O)Nc1ccc(C(=O)Nc2ccc(F)c(I)c2F)cc1. The van der Waals surface area contributed by atoms with E-state index in [4.69, 9.17) is 0 Å². The monoisotopic (exact) mass is 428 g/mol. The van der Waals surface area contributed by atoms with Gasteiger partial charge in [0.2, 0.25) is 5.91 Å². The van der Waals surface area contributed by atoms with E-state index >= 15 is 0 Å². The minimum Gasteiger partial charge on any atom is -0.323 e. The van der Waals surface area contributed by atoms with Gasteiger partial charge in [0, 0.05) is 11.3 Å². The first kappa shape index (κ1) is 17.1. The van der Waals surface area contributed by atoms with E-state index in [0.717, 1.165) is 18.2 Å². The van der Waals surface area contributed by atoms with Gasteiger partial charge >= 0.3 is 0 Å². The molecule has 0 heterocycles. The molecule has 2 aromatic carbocycles. The number of nitrogens with one attached hydrogen (secondary N) is 2. The number of hydrogen-bond acceptors (Lipinski definition) is 2. The maximum atomic E-state index is 13.9. The van der Waals surface area contributed by atoms with Gasteiger partial charge in [-0.15, -0.1) is 0 Å². The molecule has 2 N–H and O–H groups in total. The van der Waals surface area contributed by atoms with Crippen LogP contribution < -0.4 is 10.6 Å². The molecule has 0 spiro atoms. The lowest BCUT2D eigenvalue weighted by molar-refractivity contribution is -0.111. The van der Waals surface area contributed by atoms with E-state index in [9.17, 15) is 18.4 Å². The summed E-state index contributed by atoms with van der Waals surface area (Å²) in [6, 6.07) is 8.24. The maximum absolute atomic E-state index is 13.9. The first-order valence-electron chi connectivity index (χ1n) is 6.40. The molecule has 0 fully saturated rings. The van der Waals surface area contributed by atoms with Gasteiger partial charge in [0.25, 0.3) is 5.91 Å². The Labute approximate surface area is 144 Å². The van der Waals surface area contributed by atoms with Crippen LogP contribution in [0.2, 0.25) is 0 Å². The number of carbonyl (C=O) groups excluding carboxylic acids is 2. The van der Waals surface area contributed by atoms with Gasteiger partial charge in [-0.2, -0.15) is 0 Å². The average Bonchev–Trinajstić information content (AvgIpc) is 2.55. The van der Waals surface area contributed by atoms with Crippen molar-refractivity contribution in [2.24, 2.45) is 0 Å². The second-order valence-electron chi connectivity index (χ2n) is 4.45. The van der Waals surface area contributed by atoms with Crippen LogP contribution in [0.25, 0.3) is 0 Å². The number of amides is 2. The zero-order valence-corrected chi connectivity index (χ0v) is 13.9. The highest BCUT2D eigenvalue weighted by molar-refractivity contribution is 14.1. The normalized spacial score (nSPS) is 10.0. The molecule has 2 amide bonds. The van der Waals surface area contributed by atoms with Gasteiger partial charge in [0.15, 0.2) is 5.82 Å². The van der Waals surface area contributed by atoms with Crippen LogP contribution in [-0.2, 0) is 4.79 Å². The Morgan fingerprint density at radius 1 is 1.04 bits per heavy atom. The van der Waals surface area contributed by atoms with Crippen molar-refractivity contribution in [2.45, 2.75) is 0 Å². The molecule has 0 atom stereocenters. The molecule has 23 heavy (non-hydrogen) atoms. The first-order valence-corrected chi connectivity index (χ1v) is 7.48. The Morgan fingerprint density at radius 3 is 2.30 bits per heavy atom. The fraction of sp³-hybridized carbons (Fsp3) is 0. The number of benzene rings is 2. The minimum atomic E-state index is -0.825. The second-order valence-corrected chi connectivity index (χ2v) is 5.53. The third-order valence-corrected chi connectivity index (χ3v) is 3.87. The van der Waals surface area contributed by atoms with E-state index in [2.05, 4.69) is 17.2 Å². The smallest absolute Gasteiger partial charge is 0.255 e. The van der Waals surface area contributed by atoms with Gasteiger partial charge in [0.05, 0.1) is 9.26 Å². The summed E-state index contributed by atoms with van der Waals surface area (Å²) in [5.41, 5.74) is 0.652. The summed E-state index contributed by atoms with van der Waals surface area (Å²) in [5, 5.41) is 4.92. The van der Waals surface area contributed by atoms with E-state index in [0.29, 0.717) is 5.69 Å². The van der Waals surface area contributed by atoms with Crippen molar-refractivity contribution < 1.29 is 18.4 Å². The summed E-state index contributed by atoms with van der Waals surface area (Å²) in [7, 11) is 0. The largest absolute Gasteiger partial charge is 0.323 e. The lowest BCUT2D eigenvalue weighted by atomic mass is 10.2. The number of anilines is 2. The highest BCUT2D eigenvalue weighted by atomic mass is 127. The molecular formula is C16H11F2IN2O2. The number of hydrogen-bond donors (Lipinski definition) is 2. The van der Waals surface area contributed by atoms with E-state index in [1.165, 1.54) is 46.9 Å². The summed E-state index contributed by atoms with van der Waals surface area (Å²) in [4.78, 5) is 23.2. The van der Waals surface area contributed by atoms with Crippen LogP contribution in [-0.4, -0.2) is 11.8 Å².